The molecule has 0 aliphatic rings. The lowest BCUT2D eigenvalue weighted by molar-refractivity contribution is 0.0943. The van der Waals surface area contributed by atoms with Crippen LogP contribution in [0, 0.1) is 5.92 Å². The number of pyridine rings is 1. The van der Waals surface area contributed by atoms with Gasteiger partial charge in [-0.3, -0.25) is 9.78 Å². The van der Waals surface area contributed by atoms with Crippen LogP contribution < -0.4 is 0 Å². The Morgan fingerprint density at radius 2 is 2.00 bits per heavy atom. The minimum atomic E-state index is 0.0192. The second kappa shape index (κ2) is 4.53. The van der Waals surface area contributed by atoms with Crippen molar-refractivity contribution in [3.05, 3.63) is 35.6 Å². The Morgan fingerprint density at radius 3 is 2.62 bits per heavy atom. The summed E-state index contributed by atoms with van der Waals surface area (Å²) in [5, 5.41) is 0.867. The molecule has 3 nitrogen and oxygen atoms in total. The predicted molar refractivity (Wildman–Crippen MR) is 64.5 cm³/mol. The summed E-state index contributed by atoms with van der Waals surface area (Å²) >= 11 is 1.43. The summed E-state index contributed by atoms with van der Waals surface area (Å²) in [6.07, 6.45) is 5.10. The first kappa shape index (κ1) is 11.0. The number of carbonyl (C=O) groups excluding carboxylic acids is 1. The Morgan fingerprint density at radius 1 is 1.31 bits per heavy atom. The summed E-state index contributed by atoms with van der Waals surface area (Å²) < 4.78 is 0. The van der Waals surface area contributed by atoms with Gasteiger partial charge in [0.25, 0.3) is 0 Å². The molecule has 0 aromatic carbocycles. The van der Waals surface area contributed by atoms with Crippen LogP contribution >= 0.6 is 11.3 Å². The van der Waals surface area contributed by atoms with Crippen molar-refractivity contribution in [2.24, 2.45) is 5.92 Å². The fourth-order valence-corrected chi connectivity index (χ4v) is 2.31. The molecule has 2 rings (SSSR count). The Kier molecular flexibility index (Phi) is 3.10. The minimum absolute atomic E-state index is 0.0192. The summed E-state index contributed by atoms with van der Waals surface area (Å²) in [5.74, 6) is 0.170. The molecule has 2 aromatic heterocycles. The molecule has 2 heterocycles. The second-order valence-corrected chi connectivity index (χ2v) is 4.82. The second-order valence-electron chi connectivity index (χ2n) is 3.78. The quantitative estimate of drug-likeness (QED) is 0.764. The van der Waals surface area contributed by atoms with Gasteiger partial charge in [-0.25, -0.2) is 4.98 Å². The van der Waals surface area contributed by atoms with Gasteiger partial charge in [-0.1, -0.05) is 13.8 Å². The van der Waals surface area contributed by atoms with Crippen LogP contribution in [0.25, 0.3) is 10.6 Å². The SMILES string of the molecule is CC(C)C(=O)c1cnc(-c2ccncc2)s1. The van der Waals surface area contributed by atoms with Gasteiger partial charge in [0, 0.05) is 30.1 Å². The number of hydrogen-bond donors (Lipinski definition) is 0. The molecule has 0 atom stereocenters. The van der Waals surface area contributed by atoms with Crippen molar-refractivity contribution < 1.29 is 4.79 Å². The van der Waals surface area contributed by atoms with Gasteiger partial charge in [-0.15, -0.1) is 11.3 Å². The van der Waals surface area contributed by atoms with Gasteiger partial charge in [0.05, 0.1) is 4.88 Å². The van der Waals surface area contributed by atoms with E-state index in [0.717, 1.165) is 15.4 Å². The van der Waals surface area contributed by atoms with Crippen molar-refractivity contribution in [1.29, 1.82) is 0 Å². The molecule has 0 amide bonds. The molecule has 0 aliphatic heterocycles. The van der Waals surface area contributed by atoms with E-state index in [4.69, 9.17) is 0 Å². The molecule has 0 aliphatic carbocycles. The largest absolute Gasteiger partial charge is 0.293 e. The highest BCUT2D eigenvalue weighted by Gasteiger charge is 2.14. The van der Waals surface area contributed by atoms with Crippen LogP contribution in [0.4, 0.5) is 0 Å². The number of rotatable bonds is 3. The number of thiazole rings is 1. The molecule has 2 aromatic rings. The smallest absolute Gasteiger partial charge is 0.176 e. The number of hydrogen-bond acceptors (Lipinski definition) is 4. The lowest BCUT2D eigenvalue weighted by Crippen LogP contribution is -2.04. The maximum atomic E-state index is 11.7. The topological polar surface area (TPSA) is 42.9 Å². The van der Waals surface area contributed by atoms with Crippen molar-refractivity contribution in [3.63, 3.8) is 0 Å². The van der Waals surface area contributed by atoms with Crippen LogP contribution in [0.1, 0.15) is 23.5 Å². The predicted octanol–water partition coefficient (Wildman–Crippen LogP) is 3.04. The highest BCUT2D eigenvalue weighted by Crippen LogP contribution is 2.25. The Bertz CT molecular complexity index is 491. The van der Waals surface area contributed by atoms with E-state index in [0.29, 0.717) is 0 Å². The number of carbonyl (C=O) groups is 1. The van der Waals surface area contributed by atoms with Gasteiger partial charge >= 0.3 is 0 Å². The number of ketones is 1. The fraction of sp³-hybridized carbons (Fsp3) is 0.250. The van der Waals surface area contributed by atoms with Crippen LogP contribution in [0.15, 0.2) is 30.7 Å². The molecule has 0 N–H and O–H groups in total. The van der Waals surface area contributed by atoms with Crippen LogP contribution in [0.2, 0.25) is 0 Å². The summed E-state index contributed by atoms with van der Waals surface area (Å²) in [7, 11) is 0. The van der Waals surface area contributed by atoms with E-state index in [9.17, 15) is 4.79 Å². The maximum Gasteiger partial charge on any atom is 0.176 e. The summed E-state index contributed by atoms with van der Waals surface area (Å²) in [6, 6.07) is 3.78. The first-order valence-electron chi connectivity index (χ1n) is 5.09. The number of nitrogens with zero attached hydrogens (tertiary/aromatic N) is 2. The van der Waals surface area contributed by atoms with E-state index >= 15 is 0 Å². The Labute approximate surface area is 98.2 Å². The van der Waals surface area contributed by atoms with Gasteiger partial charge in [0.2, 0.25) is 0 Å². The molecule has 0 bridgehead atoms. The molecule has 0 radical (unpaired) electrons. The number of Topliss-reactive ketones (excluding diaryl/α,β-unsaturated/α-hetero) is 1. The molecule has 4 heteroatoms. The van der Waals surface area contributed by atoms with Crippen LogP contribution in [0.5, 0.6) is 0 Å². The lowest BCUT2D eigenvalue weighted by Gasteiger charge is -1.98. The fourth-order valence-electron chi connectivity index (χ4n) is 1.30. The molecule has 0 saturated heterocycles. The van der Waals surface area contributed by atoms with Crippen molar-refractivity contribution in [3.8, 4) is 10.6 Å². The van der Waals surface area contributed by atoms with Crippen LogP contribution in [0.3, 0.4) is 0 Å². The van der Waals surface area contributed by atoms with Crippen molar-refractivity contribution in [1.82, 2.24) is 9.97 Å². The average Bonchev–Trinajstić information content (AvgIpc) is 2.78. The van der Waals surface area contributed by atoms with Gasteiger partial charge in [-0.05, 0) is 12.1 Å². The third-order valence-corrected chi connectivity index (χ3v) is 3.26. The van der Waals surface area contributed by atoms with E-state index < -0.39 is 0 Å². The standard InChI is InChI=1S/C12H12N2OS/c1-8(2)11(15)10-7-14-12(16-10)9-3-5-13-6-4-9/h3-8H,1-2H3. The molecule has 0 unspecified atom stereocenters. The van der Waals surface area contributed by atoms with Gasteiger partial charge in [0.1, 0.15) is 5.01 Å². The van der Waals surface area contributed by atoms with E-state index in [-0.39, 0.29) is 11.7 Å². The number of aromatic nitrogens is 2. The zero-order valence-electron chi connectivity index (χ0n) is 9.18. The monoisotopic (exact) mass is 232 g/mol. The van der Waals surface area contributed by atoms with Crippen LogP contribution in [-0.2, 0) is 0 Å². The van der Waals surface area contributed by atoms with Crippen LogP contribution in [-0.4, -0.2) is 15.8 Å². The summed E-state index contributed by atoms with van der Waals surface area (Å²) in [4.78, 5) is 20.7. The van der Waals surface area contributed by atoms with Gasteiger partial charge in [0.15, 0.2) is 5.78 Å². The lowest BCUT2D eigenvalue weighted by atomic mass is 10.1. The summed E-state index contributed by atoms with van der Waals surface area (Å²) in [5.41, 5.74) is 1.00. The normalized spacial score (nSPS) is 10.7. The highest BCUT2D eigenvalue weighted by atomic mass is 32.1. The molecule has 0 fully saturated rings. The minimum Gasteiger partial charge on any atom is -0.293 e. The first-order chi connectivity index (χ1) is 7.68. The van der Waals surface area contributed by atoms with E-state index in [1.54, 1.807) is 18.6 Å². The Balaban J connectivity index is 2.30. The van der Waals surface area contributed by atoms with Gasteiger partial charge < -0.3 is 0 Å². The Hall–Kier alpha value is -1.55. The molecular formula is C12H12N2OS. The maximum absolute atomic E-state index is 11.7. The first-order valence-corrected chi connectivity index (χ1v) is 5.90. The van der Waals surface area contributed by atoms with Gasteiger partial charge in [-0.2, -0.15) is 0 Å². The zero-order valence-corrected chi connectivity index (χ0v) is 9.99. The average molecular weight is 232 g/mol. The van der Waals surface area contributed by atoms with Crippen molar-refractivity contribution in [2.75, 3.05) is 0 Å². The molecule has 0 spiro atoms. The zero-order chi connectivity index (χ0) is 11.5. The third kappa shape index (κ3) is 2.17. The van der Waals surface area contributed by atoms with Crippen molar-refractivity contribution in [2.45, 2.75) is 13.8 Å². The molecule has 0 saturated carbocycles. The van der Waals surface area contributed by atoms with E-state index in [2.05, 4.69) is 9.97 Å². The van der Waals surface area contributed by atoms with E-state index in [1.165, 1.54) is 11.3 Å². The molecular weight excluding hydrogens is 220 g/mol. The molecule has 16 heavy (non-hydrogen) atoms. The molecule has 82 valence electrons. The highest BCUT2D eigenvalue weighted by molar-refractivity contribution is 7.16. The van der Waals surface area contributed by atoms with Crippen molar-refractivity contribution >= 4 is 17.1 Å². The third-order valence-electron chi connectivity index (χ3n) is 2.20. The van der Waals surface area contributed by atoms with E-state index in [1.807, 2.05) is 26.0 Å². The summed E-state index contributed by atoms with van der Waals surface area (Å²) in [6.45, 7) is 3.79.